The summed E-state index contributed by atoms with van der Waals surface area (Å²) in [6.45, 7) is 6.22. The van der Waals surface area contributed by atoms with E-state index in [1.807, 2.05) is 0 Å². The number of aryl methyl sites for hydroxylation is 1. The van der Waals surface area contributed by atoms with Crippen LogP contribution < -0.4 is 0 Å². The second-order valence-corrected chi connectivity index (χ2v) is 6.79. The third-order valence-corrected chi connectivity index (χ3v) is 5.59. The number of aromatic nitrogens is 1. The van der Waals surface area contributed by atoms with Gasteiger partial charge in [-0.1, -0.05) is 19.8 Å². The zero-order chi connectivity index (χ0) is 13.1. The SMILES string of the molecule is CCc1nc(CN2CCCOCC23CCCC3)cs1. The van der Waals surface area contributed by atoms with Crippen molar-refractivity contribution in [2.45, 2.75) is 57.5 Å². The maximum Gasteiger partial charge on any atom is 0.0926 e. The highest BCUT2D eigenvalue weighted by molar-refractivity contribution is 7.09. The fraction of sp³-hybridized carbons (Fsp3) is 0.800. The quantitative estimate of drug-likeness (QED) is 0.850. The van der Waals surface area contributed by atoms with Crippen molar-refractivity contribution in [3.63, 3.8) is 0 Å². The summed E-state index contributed by atoms with van der Waals surface area (Å²) in [7, 11) is 0. The van der Waals surface area contributed by atoms with E-state index in [2.05, 4.69) is 17.2 Å². The van der Waals surface area contributed by atoms with E-state index in [1.165, 1.54) is 42.9 Å². The Bertz CT molecular complexity index is 412. The van der Waals surface area contributed by atoms with Crippen LogP contribution in [0.3, 0.4) is 0 Å². The van der Waals surface area contributed by atoms with Crippen LogP contribution >= 0.6 is 11.3 Å². The molecule has 0 radical (unpaired) electrons. The van der Waals surface area contributed by atoms with E-state index in [-0.39, 0.29) is 0 Å². The van der Waals surface area contributed by atoms with E-state index in [0.29, 0.717) is 5.54 Å². The molecule has 19 heavy (non-hydrogen) atoms. The first-order valence-electron chi connectivity index (χ1n) is 7.58. The highest BCUT2D eigenvalue weighted by Crippen LogP contribution is 2.37. The molecule has 1 saturated heterocycles. The number of thiazole rings is 1. The fourth-order valence-electron chi connectivity index (χ4n) is 3.47. The molecule has 1 saturated carbocycles. The highest BCUT2D eigenvalue weighted by atomic mass is 32.1. The summed E-state index contributed by atoms with van der Waals surface area (Å²) in [5.74, 6) is 0. The number of hydrogen-bond acceptors (Lipinski definition) is 4. The summed E-state index contributed by atoms with van der Waals surface area (Å²) in [4.78, 5) is 7.41. The van der Waals surface area contributed by atoms with Crippen LogP contribution in [0.4, 0.5) is 0 Å². The van der Waals surface area contributed by atoms with Crippen LogP contribution in [0.15, 0.2) is 5.38 Å². The average molecular weight is 280 g/mol. The van der Waals surface area contributed by atoms with Gasteiger partial charge in [0.25, 0.3) is 0 Å². The molecule has 3 rings (SSSR count). The Morgan fingerprint density at radius 3 is 2.95 bits per heavy atom. The molecule has 1 aliphatic heterocycles. The van der Waals surface area contributed by atoms with Crippen molar-refractivity contribution >= 4 is 11.3 Å². The molecule has 2 heterocycles. The number of nitrogens with zero attached hydrogens (tertiary/aromatic N) is 2. The van der Waals surface area contributed by atoms with Gasteiger partial charge < -0.3 is 4.74 Å². The molecule has 3 nitrogen and oxygen atoms in total. The van der Waals surface area contributed by atoms with E-state index >= 15 is 0 Å². The first kappa shape index (κ1) is 13.5. The Hall–Kier alpha value is -0.450. The lowest BCUT2D eigenvalue weighted by Gasteiger charge is -2.39. The monoisotopic (exact) mass is 280 g/mol. The predicted molar refractivity (Wildman–Crippen MR) is 78.5 cm³/mol. The van der Waals surface area contributed by atoms with Crippen LogP contribution in [0.2, 0.25) is 0 Å². The maximum absolute atomic E-state index is 5.87. The van der Waals surface area contributed by atoms with Crippen molar-refractivity contribution in [2.24, 2.45) is 0 Å². The van der Waals surface area contributed by atoms with Crippen LogP contribution in [0.25, 0.3) is 0 Å². The molecule has 0 aromatic carbocycles. The molecule has 1 aromatic heterocycles. The van der Waals surface area contributed by atoms with Crippen LogP contribution in [0.5, 0.6) is 0 Å². The van der Waals surface area contributed by atoms with Gasteiger partial charge in [0.05, 0.1) is 17.3 Å². The van der Waals surface area contributed by atoms with Gasteiger partial charge in [-0.15, -0.1) is 11.3 Å². The number of hydrogen-bond donors (Lipinski definition) is 0. The van der Waals surface area contributed by atoms with Gasteiger partial charge in [0.2, 0.25) is 0 Å². The van der Waals surface area contributed by atoms with Crippen molar-refractivity contribution in [3.8, 4) is 0 Å². The molecule has 1 aliphatic carbocycles. The largest absolute Gasteiger partial charge is 0.379 e. The molecular weight excluding hydrogens is 256 g/mol. The van der Waals surface area contributed by atoms with Crippen molar-refractivity contribution in [2.75, 3.05) is 19.8 Å². The van der Waals surface area contributed by atoms with Crippen molar-refractivity contribution in [1.82, 2.24) is 9.88 Å². The fourth-order valence-corrected chi connectivity index (χ4v) is 4.20. The Balaban J connectivity index is 1.75. The lowest BCUT2D eigenvalue weighted by Crippen LogP contribution is -2.48. The first-order valence-corrected chi connectivity index (χ1v) is 8.46. The second kappa shape index (κ2) is 5.90. The topological polar surface area (TPSA) is 25.4 Å². The Kier molecular flexibility index (Phi) is 4.20. The smallest absolute Gasteiger partial charge is 0.0926 e. The molecule has 0 atom stereocenters. The lowest BCUT2D eigenvalue weighted by molar-refractivity contribution is 0.0241. The van der Waals surface area contributed by atoms with Crippen LogP contribution in [-0.4, -0.2) is 35.2 Å². The summed E-state index contributed by atoms with van der Waals surface area (Å²) in [6.07, 6.45) is 7.54. The van der Waals surface area contributed by atoms with Crippen LogP contribution in [-0.2, 0) is 17.7 Å². The summed E-state index contributed by atoms with van der Waals surface area (Å²) in [5, 5.41) is 3.51. The van der Waals surface area contributed by atoms with Crippen molar-refractivity contribution in [1.29, 1.82) is 0 Å². The third-order valence-electron chi connectivity index (χ3n) is 4.55. The van der Waals surface area contributed by atoms with Gasteiger partial charge in [0.15, 0.2) is 0 Å². The molecule has 106 valence electrons. The van der Waals surface area contributed by atoms with E-state index < -0.39 is 0 Å². The van der Waals surface area contributed by atoms with Gasteiger partial charge in [0.1, 0.15) is 0 Å². The second-order valence-electron chi connectivity index (χ2n) is 5.85. The predicted octanol–water partition coefficient (Wildman–Crippen LogP) is 3.24. The zero-order valence-electron chi connectivity index (χ0n) is 11.9. The molecule has 0 amide bonds. The minimum absolute atomic E-state index is 0.312. The maximum atomic E-state index is 5.87. The minimum Gasteiger partial charge on any atom is -0.379 e. The third kappa shape index (κ3) is 2.86. The standard InChI is InChI=1S/C15H24N2OS/c1-2-14-16-13(11-19-14)10-17-8-5-9-18-12-15(17)6-3-4-7-15/h11H,2-10,12H2,1H3. The Morgan fingerprint density at radius 2 is 2.21 bits per heavy atom. The summed E-state index contributed by atoms with van der Waals surface area (Å²) in [6, 6.07) is 0. The first-order chi connectivity index (χ1) is 9.32. The molecular formula is C15H24N2OS. The number of ether oxygens (including phenoxy) is 1. The van der Waals surface area contributed by atoms with Crippen LogP contribution in [0.1, 0.15) is 49.7 Å². The Morgan fingerprint density at radius 1 is 1.37 bits per heavy atom. The van der Waals surface area contributed by atoms with E-state index in [4.69, 9.17) is 9.72 Å². The molecule has 2 fully saturated rings. The van der Waals surface area contributed by atoms with Gasteiger partial charge in [0, 0.05) is 30.6 Å². The van der Waals surface area contributed by atoms with Gasteiger partial charge >= 0.3 is 0 Å². The highest BCUT2D eigenvalue weighted by Gasteiger charge is 2.40. The lowest BCUT2D eigenvalue weighted by atomic mass is 9.96. The summed E-state index contributed by atoms with van der Waals surface area (Å²) in [5.41, 5.74) is 1.57. The molecule has 1 aromatic rings. The summed E-state index contributed by atoms with van der Waals surface area (Å²) < 4.78 is 5.87. The van der Waals surface area contributed by atoms with Gasteiger partial charge in [-0.2, -0.15) is 0 Å². The van der Waals surface area contributed by atoms with E-state index in [0.717, 1.165) is 32.6 Å². The van der Waals surface area contributed by atoms with Gasteiger partial charge in [-0.3, -0.25) is 4.90 Å². The van der Waals surface area contributed by atoms with Crippen molar-refractivity contribution in [3.05, 3.63) is 16.1 Å². The minimum atomic E-state index is 0.312. The van der Waals surface area contributed by atoms with Crippen LogP contribution in [0, 0.1) is 0 Å². The van der Waals surface area contributed by atoms with E-state index in [1.54, 1.807) is 11.3 Å². The molecule has 1 spiro atoms. The van der Waals surface area contributed by atoms with Crippen molar-refractivity contribution < 1.29 is 4.74 Å². The Labute approximate surface area is 120 Å². The summed E-state index contributed by atoms with van der Waals surface area (Å²) >= 11 is 1.81. The van der Waals surface area contributed by atoms with E-state index in [9.17, 15) is 0 Å². The normalized spacial score (nSPS) is 23.8. The zero-order valence-corrected chi connectivity index (χ0v) is 12.7. The molecule has 0 N–H and O–H groups in total. The van der Waals surface area contributed by atoms with Gasteiger partial charge in [-0.05, 0) is 25.7 Å². The average Bonchev–Trinajstić information content (AvgIpc) is 3.01. The molecule has 0 unspecified atom stereocenters. The molecule has 4 heteroatoms. The number of rotatable bonds is 3. The molecule has 0 bridgehead atoms. The molecule has 2 aliphatic rings. The van der Waals surface area contributed by atoms with Gasteiger partial charge in [-0.25, -0.2) is 4.98 Å².